The quantitative estimate of drug-likeness (QED) is 0.860. The average molecular weight is 310 g/mol. The van der Waals surface area contributed by atoms with Crippen LogP contribution in [-0.4, -0.2) is 24.7 Å². The first-order valence-electron chi connectivity index (χ1n) is 6.39. The number of hydrogen-bond donors (Lipinski definition) is 2. The van der Waals surface area contributed by atoms with Crippen molar-refractivity contribution in [2.75, 3.05) is 13.7 Å². The van der Waals surface area contributed by atoms with Crippen LogP contribution in [0.4, 0.5) is 0 Å². The van der Waals surface area contributed by atoms with Gasteiger partial charge in [-0.05, 0) is 29.8 Å². The van der Waals surface area contributed by atoms with E-state index in [0.717, 1.165) is 0 Å². The van der Waals surface area contributed by atoms with Gasteiger partial charge in [-0.2, -0.15) is 0 Å². The number of methoxy groups -OCH3 is 1. The van der Waals surface area contributed by atoms with Crippen molar-refractivity contribution in [2.45, 2.75) is 12.7 Å². The van der Waals surface area contributed by atoms with E-state index in [9.17, 15) is 9.90 Å². The number of carbonyl (C=O) groups excluding carboxylic acids is 1. The number of carbonyl (C=O) groups is 1. The smallest absolute Gasteiger partial charge is 0.287 e. The molecule has 1 unspecified atom stereocenters. The Labute approximate surface area is 127 Å². The molecule has 5 nitrogen and oxygen atoms in total. The molecule has 6 heteroatoms. The number of rotatable bonds is 6. The minimum atomic E-state index is -0.806. The molecule has 0 saturated carbocycles. The summed E-state index contributed by atoms with van der Waals surface area (Å²) in [6.07, 6.45) is -0.806. The molecule has 1 aromatic carbocycles. The number of nitrogens with one attached hydrogen (secondary N) is 1. The van der Waals surface area contributed by atoms with Crippen LogP contribution in [0.2, 0.25) is 5.02 Å². The predicted octanol–water partition coefficient (Wildman–Crippen LogP) is 2.54. The summed E-state index contributed by atoms with van der Waals surface area (Å²) < 4.78 is 10.2. The first-order chi connectivity index (χ1) is 10.1. The second kappa shape index (κ2) is 7.26. The maximum atomic E-state index is 11.9. The van der Waals surface area contributed by atoms with E-state index in [-0.39, 0.29) is 18.2 Å². The molecule has 0 aliphatic carbocycles. The van der Waals surface area contributed by atoms with Gasteiger partial charge in [-0.1, -0.05) is 23.7 Å². The van der Waals surface area contributed by atoms with Crippen molar-refractivity contribution >= 4 is 17.5 Å². The zero-order valence-corrected chi connectivity index (χ0v) is 12.3. The number of aliphatic hydroxyl groups is 1. The summed E-state index contributed by atoms with van der Waals surface area (Å²) in [5.74, 6) is 0.372. The molecule has 112 valence electrons. The molecule has 2 aromatic rings. The van der Waals surface area contributed by atoms with Gasteiger partial charge in [0.2, 0.25) is 0 Å². The number of halogens is 1. The maximum absolute atomic E-state index is 11.9. The molecule has 0 aliphatic heterocycles. The van der Waals surface area contributed by atoms with E-state index in [1.807, 2.05) is 0 Å². The summed E-state index contributed by atoms with van der Waals surface area (Å²) in [4.78, 5) is 11.9. The average Bonchev–Trinajstić information content (AvgIpc) is 2.94. The van der Waals surface area contributed by atoms with Crippen molar-refractivity contribution in [1.82, 2.24) is 5.32 Å². The number of benzene rings is 1. The normalized spacial score (nSPS) is 12.1. The Morgan fingerprint density at radius 1 is 1.33 bits per heavy atom. The molecule has 0 radical (unpaired) electrons. The number of furan rings is 1. The van der Waals surface area contributed by atoms with Crippen LogP contribution in [0.25, 0.3) is 0 Å². The van der Waals surface area contributed by atoms with Crippen molar-refractivity contribution in [2.24, 2.45) is 0 Å². The van der Waals surface area contributed by atoms with Crippen LogP contribution in [-0.2, 0) is 11.3 Å². The lowest BCUT2D eigenvalue weighted by Gasteiger charge is -2.11. The monoisotopic (exact) mass is 309 g/mol. The molecular formula is C15H16ClNO4. The lowest BCUT2D eigenvalue weighted by molar-refractivity contribution is 0.0881. The Morgan fingerprint density at radius 2 is 2.05 bits per heavy atom. The molecule has 0 spiro atoms. The van der Waals surface area contributed by atoms with Crippen LogP contribution < -0.4 is 5.32 Å². The molecule has 1 heterocycles. The zero-order chi connectivity index (χ0) is 15.2. The maximum Gasteiger partial charge on any atom is 0.287 e. The van der Waals surface area contributed by atoms with Gasteiger partial charge in [0.1, 0.15) is 12.4 Å². The van der Waals surface area contributed by atoms with Crippen LogP contribution in [0, 0.1) is 0 Å². The number of ether oxygens (including phenoxy) is 1. The van der Waals surface area contributed by atoms with Crippen molar-refractivity contribution < 1.29 is 19.1 Å². The first kappa shape index (κ1) is 15.6. The van der Waals surface area contributed by atoms with E-state index >= 15 is 0 Å². The highest BCUT2D eigenvalue weighted by Crippen LogP contribution is 2.16. The molecule has 2 N–H and O–H groups in total. The van der Waals surface area contributed by atoms with Gasteiger partial charge in [-0.25, -0.2) is 0 Å². The minimum absolute atomic E-state index is 0.0841. The summed E-state index contributed by atoms with van der Waals surface area (Å²) in [5.41, 5.74) is 0.680. The van der Waals surface area contributed by atoms with E-state index in [2.05, 4.69) is 5.32 Å². The van der Waals surface area contributed by atoms with Crippen molar-refractivity contribution in [3.8, 4) is 0 Å². The minimum Gasteiger partial charge on any atom is -0.453 e. The molecule has 0 aliphatic rings. The highest BCUT2D eigenvalue weighted by Gasteiger charge is 2.14. The van der Waals surface area contributed by atoms with E-state index in [1.165, 1.54) is 0 Å². The molecular weight excluding hydrogens is 294 g/mol. The summed E-state index contributed by atoms with van der Waals surface area (Å²) in [5, 5.41) is 13.2. The molecule has 2 rings (SSSR count). The predicted molar refractivity (Wildman–Crippen MR) is 78.2 cm³/mol. The molecule has 1 amide bonds. The lowest BCUT2D eigenvalue weighted by Crippen LogP contribution is -2.28. The number of amides is 1. The van der Waals surface area contributed by atoms with Gasteiger partial charge in [0.15, 0.2) is 5.76 Å². The second-order valence-corrected chi connectivity index (χ2v) is 4.91. The van der Waals surface area contributed by atoms with Gasteiger partial charge in [-0.3, -0.25) is 4.79 Å². The summed E-state index contributed by atoms with van der Waals surface area (Å²) in [6.45, 7) is 0.390. The van der Waals surface area contributed by atoms with Crippen molar-refractivity contribution in [1.29, 1.82) is 0 Å². The van der Waals surface area contributed by atoms with Gasteiger partial charge < -0.3 is 19.6 Å². The van der Waals surface area contributed by atoms with Crippen LogP contribution in [0.1, 0.15) is 28.0 Å². The standard InChI is InChI=1S/C15H16ClNO4/c1-20-9-12-6-7-14(21-12)15(19)17-8-13(18)10-2-4-11(16)5-3-10/h2-7,13,18H,8-9H2,1H3,(H,17,19). The molecule has 0 fully saturated rings. The number of hydrogen-bond acceptors (Lipinski definition) is 4. The highest BCUT2D eigenvalue weighted by atomic mass is 35.5. The van der Waals surface area contributed by atoms with Gasteiger partial charge in [-0.15, -0.1) is 0 Å². The topological polar surface area (TPSA) is 71.7 Å². The Bertz CT molecular complexity index is 594. The Morgan fingerprint density at radius 3 is 2.71 bits per heavy atom. The third-order valence-electron chi connectivity index (χ3n) is 2.88. The highest BCUT2D eigenvalue weighted by molar-refractivity contribution is 6.30. The fraction of sp³-hybridized carbons (Fsp3) is 0.267. The Hall–Kier alpha value is -1.82. The van der Waals surface area contributed by atoms with Crippen LogP contribution in [0.3, 0.4) is 0 Å². The Kier molecular flexibility index (Phi) is 5.38. The largest absolute Gasteiger partial charge is 0.453 e. The third kappa shape index (κ3) is 4.32. The van der Waals surface area contributed by atoms with E-state index in [0.29, 0.717) is 23.0 Å². The first-order valence-corrected chi connectivity index (χ1v) is 6.77. The van der Waals surface area contributed by atoms with Gasteiger partial charge in [0.25, 0.3) is 5.91 Å². The SMILES string of the molecule is COCc1ccc(C(=O)NCC(O)c2ccc(Cl)cc2)o1. The molecule has 0 bridgehead atoms. The summed E-state index contributed by atoms with van der Waals surface area (Å²) in [6, 6.07) is 10.0. The molecule has 21 heavy (non-hydrogen) atoms. The van der Waals surface area contributed by atoms with Gasteiger partial charge in [0, 0.05) is 18.7 Å². The van der Waals surface area contributed by atoms with Crippen LogP contribution in [0.15, 0.2) is 40.8 Å². The van der Waals surface area contributed by atoms with Crippen LogP contribution >= 0.6 is 11.6 Å². The van der Waals surface area contributed by atoms with Crippen molar-refractivity contribution in [3.63, 3.8) is 0 Å². The lowest BCUT2D eigenvalue weighted by atomic mass is 10.1. The van der Waals surface area contributed by atoms with Crippen molar-refractivity contribution in [3.05, 3.63) is 58.5 Å². The zero-order valence-electron chi connectivity index (χ0n) is 11.5. The Balaban J connectivity index is 1.89. The summed E-state index contributed by atoms with van der Waals surface area (Å²) in [7, 11) is 1.55. The second-order valence-electron chi connectivity index (χ2n) is 4.48. The molecule has 0 saturated heterocycles. The van der Waals surface area contributed by atoms with Gasteiger partial charge >= 0.3 is 0 Å². The molecule has 1 aromatic heterocycles. The number of aliphatic hydroxyl groups excluding tert-OH is 1. The fourth-order valence-electron chi connectivity index (χ4n) is 1.80. The molecule has 1 atom stereocenters. The van der Waals surface area contributed by atoms with Gasteiger partial charge in [0.05, 0.1) is 6.10 Å². The third-order valence-corrected chi connectivity index (χ3v) is 3.13. The van der Waals surface area contributed by atoms with E-state index < -0.39 is 6.10 Å². The summed E-state index contributed by atoms with van der Waals surface area (Å²) >= 11 is 5.78. The van der Waals surface area contributed by atoms with Crippen LogP contribution in [0.5, 0.6) is 0 Å². The van der Waals surface area contributed by atoms with E-state index in [1.54, 1.807) is 43.5 Å². The fourth-order valence-corrected chi connectivity index (χ4v) is 1.93. The van der Waals surface area contributed by atoms with E-state index in [4.69, 9.17) is 20.8 Å².